The minimum Gasteiger partial charge on any atom is -0.367 e. The van der Waals surface area contributed by atoms with Gasteiger partial charge in [0.2, 0.25) is 16.0 Å². The van der Waals surface area contributed by atoms with E-state index in [4.69, 9.17) is 0 Å². The van der Waals surface area contributed by atoms with Crippen LogP contribution in [0.25, 0.3) is 21.1 Å². The number of nitriles is 1. The second-order valence-corrected chi connectivity index (χ2v) is 15.7. The number of thiophene rings is 1. The quantitative estimate of drug-likeness (QED) is 0.244. The van der Waals surface area contributed by atoms with Crippen LogP contribution in [-0.2, 0) is 29.5 Å². The summed E-state index contributed by atoms with van der Waals surface area (Å²) in [5.74, 6) is 0.928. The van der Waals surface area contributed by atoms with Gasteiger partial charge >= 0.3 is 6.18 Å². The number of hydrogen-bond donors (Lipinski definition) is 2. The zero-order chi connectivity index (χ0) is 34.2. The van der Waals surface area contributed by atoms with Crippen molar-refractivity contribution in [3.05, 3.63) is 46.0 Å². The van der Waals surface area contributed by atoms with Crippen LogP contribution in [0.3, 0.4) is 0 Å². The van der Waals surface area contributed by atoms with Crippen LogP contribution >= 0.6 is 11.3 Å². The van der Waals surface area contributed by atoms with E-state index in [1.54, 1.807) is 13.1 Å². The molecular formula is C32H40F3N9O2S2. The second-order valence-electron chi connectivity index (χ2n) is 12.6. The Hall–Kier alpha value is -3.49. The number of nitrogens with one attached hydrogen (secondary N) is 2. The molecule has 0 amide bonds. The highest BCUT2D eigenvalue weighted by Gasteiger charge is 2.30. The van der Waals surface area contributed by atoms with Gasteiger partial charge in [-0.15, -0.1) is 11.3 Å². The van der Waals surface area contributed by atoms with E-state index in [2.05, 4.69) is 60.1 Å². The Balaban J connectivity index is 1.08. The van der Waals surface area contributed by atoms with Gasteiger partial charge in [0, 0.05) is 87.8 Å². The summed E-state index contributed by atoms with van der Waals surface area (Å²) in [6.07, 6.45) is -2.31. The fourth-order valence-electron chi connectivity index (χ4n) is 6.70. The molecule has 16 heteroatoms. The van der Waals surface area contributed by atoms with Crippen molar-refractivity contribution in [1.29, 1.82) is 5.26 Å². The SMILES string of the molecule is CNc1nc(NC2CCN(Cc3ccc4c(cc(C#N)n4CCN4CCN(S(C)(=O)=O)CC4)c3C)CC2)c2cc(CC(F)(F)F)sc2n1. The summed E-state index contributed by atoms with van der Waals surface area (Å²) in [4.78, 5) is 14.3. The fraction of sp³-hybridized carbons (Fsp3) is 0.531. The van der Waals surface area contributed by atoms with Gasteiger partial charge in [0.15, 0.2) is 0 Å². The highest BCUT2D eigenvalue weighted by Crippen LogP contribution is 2.35. The number of aromatic nitrogens is 3. The molecule has 1 aromatic carbocycles. The topological polar surface area (TPSA) is 122 Å². The normalized spacial score (nSPS) is 17.7. The summed E-state index contributed by atoms with van der Waals surface area (Å²) in [6, 6.07) is 10.3. The molecule has 258 valence electrons. The number of fused-ring (bicyclic) bond motifs is 2. The van der Waals surface area contributed by atoms with Gasteiger partial charge in [-0.3, -0.25) is 9.80 Å². The maximum Gasteiger partial charge on any atom is 0.393 e. The van der Waals surface area contributed by atoms with Gasteiger partial charge in [-0.2, -0.15) is 27.7 Å². The van der Waals surface area contributed by atoms with E-state index in [1.165, 1.54) is 16.1 Å². The summed E-state index contributed by atoms with van der Waals surface area (Å²) in [5, 5.41) is 18.0. The summed E-state index contributed by atoms with van der Waals surface area (Å²) in [5.41, 5.74) is 4.00. The van der Waals surface area contributed by atoms with E-state index in [-0.39, 0.29) is 10.9 Å². The average molecular weight is 704 g/mol. The van der Waals surface area contributed by atoms with Crippen LogP contribution in [0.5, 0.6) is 0 Å². The Labute approximate surface area is 282 Å². The Bertz CT molecular complexity index is 1940. The number of likely N-dealkylation sites (tertiary alicyclic amines) is 1. The van der Waals surface area contributed by atoms with Crippen molar-refractivity contribution in [3.8, 4) is 6.07 Å². The molecule has 0 radical (unpaired) electrons. The van der Waals surface area contributed by atoms with E-state index in [1.807, 2.05) is 6.07 Å². The molecule has 2 N–H and O–H groups in total. The molecule has 6 rings (SSSR count). The third-order valence-corrected chi connectivity index (χ3v) is 11.7. The molecule has 0 aliphatic carbocycles. The Morgan fingerprint density at radius 1 is 1.02 bits per heavy atom. The van der Waals surface area contributed by atoms with Gasteiger partial charge in [-0.1, -0.05) is 6.07 Å². The molecule has 0 saturated carbocycles. The van der Waals surface area contributed by atoms with Crippen LogP contribution in [0.4, 0.5) is 24.9 Å². The number of hydrogen-bond acceptors (Lipinski definition) is 10. The number of piperidine rings is 1. The molecule has 0 atom stereocenters. The number of aryl methyl sites for hydroxylation is 1. The van der Waals surface area contributed by atoms with E-state index in [0.29, 0.717) is 60.4 Å². The van der Waals surface area contributed by atoms with Crippen LogP contribution in [0.1, 0.15) is 34.5 Å². The lowest BCUT2D eigenvalue weighted by Crippen LogP contribution is -2.48. The summed E-state index contributed by atoms with van der Waals surface area (Å²) in [7, 11) is -1.49. The van der Waals surface area contributed by atoms with Crippen LogP contribution in [0, 0.1) is 18.3 Å². The Morgan fingerprint density at radius 3 is 2.40 bits per heavy atom. The summed E-state index contributed by atoms with van der Waals surface area (Å²) in [6.45, 7) is 8.26. The molecule has 3 aromatic heterocycles. The predicted octanol–water partition coefficient (Wildman–Crippen LogP) is 4.63. The number of piperazine rings is 1. The number of halogens is 3. The molecule has 11 nitrogen and oxygen atoms in total. The van der Waals surface area contributed by atoms with E-state index < -0.39 is 22.6 Å². The third-order valence-electron chi connectivity index (χ3n) is 9.39. The average Bonchev–Trinajstić information content (AvgIpc) is 3.61. The molecule has 0 spiro atoms. The second kappa shape index (κ2) is 13.8. The van der Waals surface area contributed by atoms with Crippen LogP contribution in [-0.4, -0.2) is 108 Å². The molecule has 2 fully saturated rings. The number of sulfonamides is 1. The van der Waals surface area contributed by atoms with E-state index >= 15 is 0 Å². The van der Waals surface area contributed by atoms with Crippen LogP contribution in [0.15, 0.2) is 24.3 Å². The summed E-state index contributed by atoms with van der Waals surface area (Å²) < 4.78 is 66.5. The number of alkyl halides is 3. The molecule has 48 heavy (non-hydrogen) atoms. The minimum absolute atomic E-state index is 0.125. The molecular weight excluding hydrogens is 664 g/mol. The van der Waals surface area contributed by atoms with Crippen molar-refractivity contribution in [2.45, 2.75) is 51.5 Å². The fourth-order valence-corrected chi connectivity index (χ4v) is 8.59. The van der Waals surface area contributed by atoms with Gasteiger partial charge in [0.1, 0.15) is 22.4 Å². The lowest BCUT2D eigenvalue weighted by atomic mass is 10.0. The number of benzene rings is 1. The zero-order valence-electron chi connectivity index (χ0n) is 27.3. The number of nitrogens with zero attached hydrogens (tertiary/aromatic N) is 7. The first kappa shape index (κ1) is 34.4. The molecule has 4 aromatic rings. The standard InChI is InChI=1S/C32H40F3N9O2S2/c1-21-22(4-5-28-26(21)16-24(19-36)44(28)15-12-41-10-13-43(14-11-41)48(3,45)46)20-42-8-6-23(7-9-42)38-29-27-17-25(18-32(33,34)35)47-30(27)40-31(37-2)39-29/h4-5,16-17,23H,6-15,18,20H2,1-3H3,(H2,37,38,39,40). The maximum absolute atomic E-state index is 13.1. The van der Waals surface area contributed by atoms with Gasteiger partial charge in [-0.05, 0) is 49.1 Å². The van der Waals surface area contributed by atoms with Gasteiger partial charge in [0.25, 0.3) is 0 Å². The highest BCUT2D eigenvalue weighted by molar-refractivity contribution is 7.88. The lowest BCUT2D eigenvalue weighted by molar-refractivity contribution is -0.126. The largest absolute Gasteiger partial charge is 0.393 e. The number of rotatable bonds is 10. The number of anilines is 2. The lowest BCUT2D eigenvalue weighted by Gasteiger charge is -2.33. The highest BCUT2D eigenvalue weighted by atomic mass is 32.2. The van der Waals surface area contributed by atoms with Gasteiger partial charge in [-0.25, -0.2) is 13.4 Å². The Morgan fingerprint density at radius 2 is 1.75 bits per heavy atom. The van der Waals surface area contributed by atoms with Crippen LogP contribution in [0.2, 0.25) is 0 Å². The molecule has 2 aliphatic rings. The third kappa shape index (κ3) is 7.70. The van der Waals surface area contributed by atoms with Crippen molar-refractivity contribution in [1.82, 2.24) is 28.6 Å². The van der Waals surface area contributed by atoms with Gasteiger partial charge < -0.3 is 15.2 Å². The molecule has 2 aliphatic heterocycles. The summed E-state index contributed by atoms with van der Waals surface area (Å²) >= 11 is 1.05. The molecule has 0 bridgehead atoms. The monoisotopic (exact) mass is 703 g/mol. The maximum atomic E-state index is 13.1. The van der Waals surface area contributed by atoms with Crippen molar-refractivity contribution in [3.63, 3.8) is 0 Å². The predicted molar refractivity (Wildman–Crippen MR) is 183 cm³/mol. The van der Waals surface area contributed by atoms with E-state index in [9.17, 15) is 26.9 Å². The first-order valence-electron chi connectivity index (χ1n) is 16.0. The smallest absolute Gasteiger partial charge is 0.367 e. The zero-order valence-corrected chi connectivity index (χ0v) is 28.9. The Kier molecular flexibility index (Phi) is 9.88. The molecule has 5 heterocycles. The first-order chi connectivity index (χ1) is 22.8. The first-order valence-corrected chi connectivity index (χ1v) is 18.7. The van der Waals surface area contributed by atoms with Gasteiger partial charge in [0.05, 0.1) is 18.1 Å². The minimum atomic E-state index is -4.29. The van der Waals surface area contributed by atoms with E-state index in [0.717, 1.165) is 66.8 Å². The van der Waals surface area contributed by atoms with Crippen molar-refractivity contribution in [2.75, 3.05) is 69.8 Å². The molecule has 0 unspecified atom stereocenters. The molecule has 2 saturated heterocycles. The van der Waals surface area contributed by atoms with Crippen molar-refractivity contribution < 1.29 is 21.6 Å². The van der Waals surface area contributed by atoms with Crippen molar-refractivity contribution >= 4 is 54.2 Å². The van der Waals surface area contributed by atoms with Crippen molar-refractivity contribution in [2.24, 2.45) is 0 Å². The van der Waals surface area contributed by atoms with Crippen LogP contribution < -0.4 is 10.6 Å².